The third-order valence-electron chi connectivity index (χ3n) is 3.41. The number of ether oxygens (including phenoxy) is 1. The number of rotatable bonds is 4. The third kappa shape index (κ3) is 3.24. The molecule has 1 aliphatic heterocycles. The Balaban J connectivity index is 2.03. The summed E-state index contributed by atoms with van der Waals surface area (Å²) in [7, 11) is 1.59. The first-order chi connectivity index (χ1) is 8.70. The molecule has 0 bridgehead atoms. The van der Waals surface area contributed by atoms with Crippen molar-refractivity contribution < 1.29 is 9.53 Å². The molecule has 0 saturated carbocycles. The number of hydrogen-bond acceptors (Lipinski definition) is 3. The van der Waals surface area contributed by atoms with Crippen LogP contribution in [0.15, 0.2) is 18.2 Å². The van der Waals surface area contributed by atoms with Crippen molar-refractivity contribution in [3.05, 3.63) is 28.8 Å². The lowest BCUT2D eigenvalue weighted by molar-refractivity contribution is 0.0952. The van der Waals surface area contributed by atoms with Crippen molar-refractivity contribution >= 4 is 17.4 Å². The van der Waals surface area contributed by atoms with Crippen LogP contribution in [0, 0.1) is 5.92 Å². The summed E-state index contributed by atoms with van der Waals surface area (Å²) in [6.45, 7) is 2.02. The van der Waals surface area contributed by atoms with Gasteiger partial charge in [-0.3, -0.25) is 4.79 Å². The Morgan fingerprint density at radius 2 is 2.17 bits per heavy atom. The van der Waals surface area contributed by atoms with Crippen LogP contribution >= 0.6 is 11.6 Å². The van der Waals surface area contributed by atoms with Gasteiger partial charge in [0, 0.05) is 12.0 Å². The zero-order valence-electron chi connectivity index (χ0n) is 10.5. The van der Waals surface area contributed by atoms with Crippen molar-refractivity contribution in [3.8, 4) is 5.75 Å². The molecule has 0 amide bonds. The van der Waals surface area contributed by atoms with Gasteiger partial charge in [0.2, 0.25) is 0 Å². The van der Waals surface area contributed by atoms with E-state index in [0.717, 1.165) is 25.9 Å². The van der Waals surface area contributed by atoms with Crippen molar-refractivity contribution in [2.45, 2.75) is 19.3 Å². The molecule has 1 heterocycles. The Hall–Kier alpha value is -1.06. The molecule has 1 aromatic rings. The maximum absolute atomic E-state index is 12.2. The Morgan fingerprint density at radius 1 is 1.44 bits per heavy atom. The molecule has 0 spiro atoms. The van der Waals surface area contributed by atoms with Gasteiger partial charge in [0.15, 0.2) is 5.78 Å². The smallest absolute Gasteiger partial charge is 0.164 e. The first-order valence-electron chi connectivity index (χ1n) is 6.28. The molecule has 98 valence electrons. The lowest BCUT2D eigenvalue weighted by Gasteiger charge is -2.22. The van der Waals surface area contributed by atoms with Gasteiger partial charge in [0.05, 0.1) is 12.1 Å². The SMILES string of the molecule is COc1ccc(C(=O)CC2CCNCC2)c(Cl)c1. The number of ketones is 1. The number of carbonyl (C=O) groups excluding carboxylic acids is 1. The lowest BCUT2D eigenvalue weighted by atomic mass is 9.90. The minimum atomic E-state index is 0.134. The Morgan fingerprint density at radius 3 is 2.78 bits per heavy atom. The van der Waals surface area contributed by atoms with E-state index in [-0.39, 0.29) is 5.78 Å². The van der Waals surface area contributed by atoms with E-state index in [0.29, 0.717) is 28.7 Å². The first kappa shape index (κ1) is 13.4. The molecule has 0 atom stereocenters. The molecule has 2 rings (SSSR count). The van der Waals surface area contributed by atoms with Crippen LogP contribution in [0.1, 0.15) is 29.6 Å². The van der Waals surface area contributed by atoms with Crippen LogP contribution in [-0.4, -0.2) is 26.0 Å². The highest BCUT2D eigenvalue weighted by molar-refractivity contribution is 6.34. The third-order valence-corrected chi connectivity index (χ3v) is 3.72. The molecule has 0 unspecified atom stereocenters. The Kier molecular flexibility index (Phi) is 4.61. The second-order valence-electron chi connectivity index (χ2n) is 4.67. The quantitative estimate of drug-likeness (QED) is 0.853. The summed E-state index contributed by atoms with van der Waals surface area (Å²) in [6, 6.07) is 5.23. The molecule has 0 aromatic heterocycles. The lowest BCUT2D eigenvalue weighted by Crippen LogP contribution is -2.28. The zero-order valence-corrected chi connectivity index (χ0v) is 11.3. The summed E-state index contributed by atoms with van der Waals surface area (Å²) in [5.74, 6) is 1.30. The molecule has 1 aromatic carbocycles. The van der Waals surface area contributed by atoms with Gasteiger partial charge < -0.3 is 10.1 Å². The fraction of sp³-hybridized carbons (Fsp3) is 0.500. The van der Waals surface area contributed by atoms with E-state index in [9.17, 15) is 4.79 Å². The molecule has 1 aliphatic rings. The number of piperidine rings is 1. The van der Waals surface area contributed by atoms with Crippen LogP contribution in [0.5, 0.6) is 5.75 Å². The largest absolute Gasteiger partial charge is 0.497 e. The maximum Gasteiger partial charge on any atom is 0.164 e. The van der Waals surface area contributed by atoms with Crippen molar-refractivity contribution in [1.29, 1.82) is 0 Å². The monoisotopic (exact) mass is 267 g/mol. The number of methoxy groups -OCH3 is 1. The summed E-state index contributed by atoms with van der Waals surface area (Å²) in [6.07, 6.45) is 2.73. The van der Waals surface area contributed by atoms with Crippen LogP contribution in [0.2, 0.25) is 5.02 Å². The fourth-order valence-corrected chi connectivity index (χ4v) is 2.58. The molecule has 1 saturated heterocycles. The number of carbonyl (C=O) groups is 1. The number of halogens is 1. The van der Waals surface area contributed by atoms with Gasteiger partial charge in [-0.05, 0) is 50.0 Å². The van der Waals surface area contributed by atoms with E-state index in [1.165, 1.54) is 0 Å². The van der Waals surface area contributed by atoms with E-state index >= 15 is 0 Å². The van der Waals surface area contributed by atoms with E-state index in [1.807, 2.05) is 0 Å². The first-order valence-corrected chi connectivity index (χ1v) is 6.66. The van der Waals surface area contributed by atoms with Crippen molar-refractivity contribution in [2.75, 3.05) is 20.2 Å². The van der Waals surface area contributed by atoms with Gasteiger partial charge in [0.1, 0.15) is 5.75 Å². The van der Waals surface area contributed by atoms with Gasteiger partial charge >= 0.3 is 0 Å². The van der Waals surface area contributed by atoms with E-state index in [1.54, 1.807) is 25.3 Å². The van der Waals surface area contributed by atoms with E-state index in [4.69, 9.17) is 16.3 Å². The van der Waals surface area contributed by atoms with E-state index in [2.05, 4.69) is 5.32 Å². The minimum Gasteiger partial charge on any atom is -0.497 e. The van der Waals surface area contributed by atoms with Gasteiger partial charge in [-0.25, -0.2) is 0 Å². The van der Waals surface area contributed by atoms with Crippen LogP contribution in [-0.2, 0) is 0 Å². The maximum atomic E-state index is 12.2. The van der Waals surface area contributed by atoms with Crippen LogP contribution < -0.4 is 10.1 Å². The topological polar surface area (TPSA) is 38.3 Å². The van der Waals surface area contributed by atoms with Crippen molar-refractivity contribution in [1.82, 2.24) is 5.32 Å². The number of Topliss-reactive ketones (excluding diaryl/α,β-unsaturated/α-hetero) is 1. The summed E-state index contributed by atoms with van der Waals surface area (Å²) in [4.78, 5) is 12.2. The predicted octanol–water partition coefficient (Wildman–Crippen LogP) is 2.92. The molecule has 0 radical (unpaired) electrons. The summed E-state index contributed by atoms with van der Waals surface area (Å²) >= 11 is 6.11. The van der Waals surface area contributed by atoms with Crippen LogP contribution in [0.25, 0.3) is 0 Å². The van der Waals surface area contributed by atoms with Crippen molar-refractivity contribution in [3.63, 3.8) is 0 Å². The molecule has 18 heavy (non-hydrogen) atoms. The highest BCUT2D eigenvalue weighted by Crippen LogP contribution is 2.26. The predicted molar refractivity (Wildman–Crippen MR) is 72.5 cm³/mol. The van der Waals surface area contributed by atoms with Gasteiger partial charge in [0.25, 0.3) is 0 Å². The average molecular weight is 268 g/mol. The Labute approximate surface area is 112 Å². The standard InChI is InChI=1S/C14H18ClNO2/c1-18-11-2-3-12(13(15)9-11)14(17)8-10-4-6-16-7-5-10/h2-3,9-10,16H,4-8H2,1H3. The molecular weight excluding hydrogens is 250 g/mol. The second-order valence-corrected chi connectivity index (χ2v) is 5.07. The second kappa shape index (κ2) is 6.21. The zero-order chi connectivity index (χ0) is 13.0. The van der Waals surface area contributed by atoms with Gasteiger partial charge in [-0.2, -0.15) is 0 Å². The molecular formula is C14H18ClNO2. The molecule has 1 fully saturated rings. The van der Waals surface area contributed by atoms with Crippen LogP contribution in [0.4, 0.5) is 0 Å². The average Bonchev–Trinajstić information content (AvgIpc) is 2.39. The molecule has 3 nitrogen and oxygen atoms in total. The molecule has 1 N–H and O–H groups in total. The summed E-state index contributed by atoms with van der Waals surface area (Å²) in [5.41, 5.74) is 0.607. The fourth-order valence-electron chi connectivity index (χ4n) is 2.31. The normalized spacial score (nSPS) is 16.6. The highest BCUT2D eigenvalue weighted by atomic mass is 35.5. The summed E-state index contributed by atoms with van der Waals surface area (Å²) < 4.78 is 5.08. The Bertz CT molecular complexity index is 428. The molecule has 0 aliphatic carbocycles. The highest BCUT2D eigenvalue weighted by Gasteiger charge is 2.19. The van der Waals surface area contributed by atoms with Crippen molar-refractivity contribution in [2.24, 2.45) is 5.92 Å². The van der Waals surface area contributed by atoms with Crippen LogP contribution in [0.3, 0.4) is 0 Å². The number of nitrogens with one attached hydrogen (secondary N) is 1. The molecule has 4 heteroatoms. The van der Waals surface area contributed by atoms with Gasteiger partial charge in [-0.1, -0.05) is 11.6 Å². The number of hydrogen-bond donors (Lipinski definition) is 1. The van der Waals surface area contributed by atoms with E-state index < -0.39 is 0 Å². The van der Waals surface area contributed by atoms with Gasteiger partial charge in [-0.15, -0.1) is 0 Å². The number of benzene rings is 1. The minimum absolute atomic E-state index is 0.134. The summed E-state index contributed by atoms with van der Waals surface area (Å²) in [5, 5.41) is 3.78.